The van der Waals surface area contributed by atoms with Crippen LogP contribution in [0.2, 0.25) is 0 Å². The predicted octanol–water partition coefficient (Wildman–Crippen LogP) is 1.37. The highest BCUT2D eigenvalue weighted by Crippen LogP contribution is 1.90. The lowest BCUT2D eigenvalue weighted by Crippen LogP contribution is -2.10. The average Bonchev–Trinajstić information content (AvgIpc) is 2.33. The third-order valence-electron chi connectivity index (χ3n) is 2.63. The molecule has 1 heterocycles. The van der Waals surface area contributed by atoms with Gasteiger partial charge in [-0.2, -0.15) is 0 Å². The Morgan fingerprint density at radius 3 is 2.44 bits per heavy atom. The van der Waals surface area contributed by atoms with E-state index >= 15 is 0 Å². The maximum atomic E-state index is 4.32. The van der Waals surface area contributed by atoms with Crippen LogP contribution in [0.15, 0.2) is 58.5 Å². The summed E-state index contributed by atoms with van der Waals surface area (Å²) in [5.41, 5.74) is 0. The van der Waals surface area contributed by atoms with E-state index in [0.717, 1.165) is 15.8 Å². The molecule has 0 N–H and O–H groups in total. The second-order valence-electron chi connectivity index (χ2n) is 3.63. The smallest absolute Gasteiger partial charge is 0.116 e. The van der Waals surface area contributed by atoms with Gasteiger partial charge in [-0.15, -0.1) is 0 Å². The highest BCUT2D eigenvalue weighted by molar-refractivity contribution is 5.60. The molecule has 0 radical (unpaired) electrons. The molecule has 2 aromatic rings. The number of hydrogen-bond acceptors (Lipinski definition) is 2. The van der Waals surface area contributed by atoms with E-state index in [9.17, 15) is 0 Å². The van der Waals surface area contributed by atoms with Gasteiger partial charge in [0.2, 0.25) is 0 Å². The van der Waals surface area contributed by atoms with Crippen molar-refractivity contribution in [1.29, 1.82) is 0 Å². The van der Waals surface area contributed by atoms with Crippen LogP contribution in [-0.2, 0) is 0 Å². The third-order valence-corrected chi connectivity index (χ3v) is 2.63. The van der Waals surface area contributed by atoms with Crippen LogP contribution in [0.4, 0.5) is 0 Å². The number of para-hydroxylation sites is 1. The van der Waals surface area contributed by atoms with Crippen molar-refractivity contribution in [2.75, 3.05) is 0 Å². The van der Waals surface area contributed by atoms with E-state index in [1.807, 2.05) is 36.5 Å². The lowest BCUT2D eigenvalue weighted by molar-refractivity contribution is 1.30. The number of benzene rings is 2. The van der Waals surface area contributed by atoms with Gasteiger partial charge in [-0.1, -0.05) is 42.5 Å². The lowest BCUT2D eigenvalue weighted by Gasteiger charge is -1.94. The number of hydrogen-bond donors (Lipinski definition) is 0. The second kappa shape index (κ2) is 3.74. The van der Waals surface area contributed by atoms with Gasteiger partial charge in [0, 0.05) is 16.6 Å². The van der Waals surface area contributed by atoms with Crippen molar-refractivity contribution in [2.45, 2.75) is 0 Å². The van der Waals surface area contributed by atoms with Crippen molar-refractivity contribution >= 4 is 12.5 Å². The summed E-state index contributed by atoms with van der Waals surface area (Å²) in [4.78, 5) is 8.48. The first-order valence-corrected chi connectivity index (χ1v) is 5.19. The molecule has 2 aromatic carbocycles. The van der Waals surface area contributed by atoms with Gasteiger partial charge in [-0.05, 0) is 11.3 Å². The summed E-state index contributed by atoms with van der Waals surface area (Å²) in [5, 5.41) is 4.42. The molecule has 0 atom stereocenters. The monoisotopic (exact) mass is 206 g/mol. The Labute approximate surface area is 92.6 Å². The average molecular weight is 206 g/mol. The minimum atomic E-state index is 0.965. The van der Waals surface area contributed by atoms with Gasteiger partial charge in [-0.3, -0.25) is 0 Å². The highest BCUT2D eigenvalue weighted by atomic mass is 14.8. The van der Waals surface area contributed by atoms with Gasteiger partial charge in [0.1, 0.15) is 6.34 Å². The molecule has 0 aliphatic carbocycles. The van der Waals surface area contributed by atoms with Gasteiger partial charge in [0.25, 0.3) is 0 Å². The van der Waals surface area contributed by atoms with Crippen LogP contribution in [0.25, 0.3) is 6.20 Å². The van der Waals surface area contributed by atoms with Crippen molar-refractivity contribution in [3.8, 4) is 0 Å². The number of rotatable bonds is 0. The molecule has 0 amide bonds. The Balaban J connectivity index is 2.74. The quantitative estimate of drug-likeness (QED) is 0.622. The first kappa shape index (κ1) is 9.04. The molecule has 1 aliphatic rings. The molecule has 0 aromatic heterocycles. The van der Waals surface area contributed by atoms with E-state index in [1.54, 1.807) is 6.34 Å². The molecular weight excluding hydrogens is 196 g/mol. The van der Waals surface area contributed by atoms with Crippen LogP contribution >= 0.6 is 0 Å². The van der Waals surface area contributed by atoms with Crippen molar-refractivity contribution in [3.05, 3.63) is 69.5 Å². The predicted molar refractivity (Wildman–Crippen MR) is 64.3 cm³/mol. The van der Waals surface area contributed by atoms with E-state index < -0.39 is 0 Å². The fourth-order valence-electron chi connectivity index (χ4n) is 1.88. The van der Waals surface area contributed by atoms with Crippen molar-refractivity contribution in [2.24, 2.45) is 9.98 Å². The molecule has 0 bridgehead atoms. The van der Waals surface area contributed by atoms with E-state index in [1.165, 1.54) is 5.22 Å². The first-order valence-electron chi connectivity index (χ1n) is 5.19. The summed E-state index contributed by atoms with van der Waals surface area (Å²) in [6.45, 7) is 0. The van der Waals surface area contributed by atoms with Crippen LogP contribution in [0.1, 0.15) is 0 Å². The topological polar surface area (TPSA) is 24.7 Å². The van der Waals surface area contributed by atoms with Gasteiger partial charge < -0.3 is 0 Å². The zero-order valence-electron chi connectivity index (χ0n) is 8.67. The molecule has 0 saturated carbocycles. The van der Waals surface area contributed by atoms with Crippen molar-refractivity contribution in [3.63, 3.8) is 0 Å². The van der Waals surface area contributed by atoms with Crippen LogP contribution < -0.4 is 10.6 Å². The summed E-state index contributed by atoms with van der Waals surface area (Å²) >= 11 is 0. The zero-order chi connectivity index (χ0) is 10.8. The van der Waals surface area contributed by atoms with Crippen molar-refractivity contribution in [1.82, 2.24) is 0 Å². The minimum absolute atomic E-state index is 0.965. The molecule has 0 fully saturated rings. The fraction of sp³-hybridized carbons (Fsp3) is 0. The SMILES string of the molecule is C1=N/C=c2/cccc/c2=c2\ccccc2=N1. The molecule has 1 aliphatic heterocycles. The molecular formula is C14H10N2. The molecule has 0 saturated heterocycles. The van der Waals surface area contributed by atoms with Crippen molar-refractivity contribution < 1.29 is 0 Å². The Morgan fingerprint density at radius 2 is 1.50 bits per heavy atom. The van der Waals surface area contributed by atoms with E-state index in [-0.39, 0.29) is 0 Å². The minimum Gasteiger partial charge on any atom is -0.244 e. The fourth-order valence-corrected chi connectivity index (χ4v) is 1.88. The maximum Gasteiger partial charge on any atom is 0.116 e. The maximum absolute atomic E-state index is 4.32. The van der Waals surface area contributed by atoms with E-state index in [0.29, 0.717) is 0 Å². The lowest BCUT2D eigenvalue weighted by atomic mass is 10.1. The van der Waals surface area contributed by atoms with E-state index in [2.05, 4.69) is 28.2 Å². The molecule has 16 heavy (non-hydrogen) atoms. The molecule has 0 unspecified atom stereocenters. The Bertz CT molecular complexity index is 692. The standard InChI is InChI=1S/C14H10N2/c1-2-6-12-11(5-1)9-15-10-16-14-8-4-3-7-13(12)14/h1-10H/b11-9-,13-12-,15-9?,15-10?,16-10?,16-14?. The summed E-state index contributed by atoms with van der Waals surface area (Å²) in [6.07, 6.45) is 3.43. The van der Waals surface area contributed by atoms with Gasteiger partial charge in [-0.25, -0.2) is 9.98 Å². The van der Waals surface area contributed by atoms with Crippen LogP contribution in [0.5, 0.6) is 0 Å². The normalized spacial score (nSPS) is 16.9. The summed E-state index contributed by atoms with van der Waals surface area (Å²) in [6, 6.07) is 16.3. The Morgan fingerprint density at radius 1 is 0.750 bits per heavy atom. The number of fused-ring (bicyclic) bond motifs is 2. The van der Waals surface area contributed by atoms with Crippen LogP contribution in [0, 0.1) is 10.4 Å². The summed E-state index contributed by atoms with van der Waals surface area (Å²) < 4.78 is 0. The third kappa shape index (κ3) is 1.44. The Hall–Kier alpha value is -2.22. The highest BCUT2D eigenvalue weighted by Gasteiger charge is 1.91. The van der Waals surface area contributed by atoms with Crippen LogP contribution in [0.3, 0.4) is 0 Å². The summed E-state index contributed by atoms with van der Waals surface area (Å²) in [7, 11) is 0. The second-order valence-corrected chi connectivity index (χ2v) is 3.63. The summed E-state index contributed by atoms with van der Waals surface area (Å²) in [5.74, 6) is 0. The van der Waals surface area contributed by atoms with Gasteiger partial charge >= 0.3 is 0 Å². The van der Waals surface area contributed by atoms with E-state index in [4.69, 9.17) is 0 Å². The molecule has 76 valence electrons. The Kier molecular flexibility index (Phi) is 2.11. The largest absolute Gasteiger partial charge is 0.244 e. The van der Waals surface area contributed by atoms with Crippen LogP contribution in [-0.4, -0.2) is 6.34 Å². The number of aliphatic imine (C=N–C) groups is 1. The molecule has 2 heteroatoms. The molecule has 3 rings (SSSR count). The molecule has 2 nitrogen and oxygen atoms in total. The zero-order valence-corrected chi connectivity index (χ0v) is 8.67. The van der Waals surface area contributed by atoms with Gasteiger partial charge in [0.15, 0.2) is 0 Å². The first-order chi connectivity index (χ1) is 7.95. The molecule has 0 spiro atoms. The number of nitrogens with zero attached hydrogens (tertiary/aromatic N) is 2. The van der Waals surface area contributed by atoms with Gasteiger partial charge in [0.05, 0.1) is 5.36 Å².